The second kappa shape index (κ2) is 6.16. The molecule has 8 heteroatoms. The van der Waals surface area contributed by atoms with Crippen LogP contribution in [0.25, 0.3) is 0 Å². The van der Waals surface area contributed by atoms with E-state index in [0.29, 0.717) is 26.2 Å². The van der Waals surface area contributed by atoms with Crippen molar-refractivity contribution in [2.45, 2.75) is 50.3 Å². The van der Waals surface area contributed by atoms with E-state index in [0.717, 1.165) is 12.8 Å². The molecule has 1 amide bonds. The third kappa shape index (κ3) is 3.10. The number of carbonyl (C=O) groups excluding carboxylic acids is 1. The highest BCUT2D eigenvalue weighted by atomic mass is 32.2. The molecule has 3 rings (SSSR count). The van der Waals surface area contributed by atoms with Crippen molar-refractivity contribution in [1.29, 1.82) is 0 Å². The summed E-state index contributed by atoms with van der Waals surface area (Å²) in [5.41, 5.74) is -0.468. The molecule has 2 aliphatic heterocycles. The van der Waals surface area contributed by atoms with Gasteiger partial charge in [-0.3, -0.25) is 4.79 Å². The van der Waals surface area contributed by atoms with Gasteiger partial charge in [-0.15, -0.1) is 0 Å². The lowest BCUT2D eigenvalue weighted by molar-refractivity contribution is -0.0765. The second-order valence-electron chi connectivity index (χ2n) is 7.08. The second-order valence-corrected chi connectivity index (χ2v) is 8.95. The van der Waals surface area contributed by atoms with Gasteiger partial charge in [0, 0.05) is 19.6 Å². The van der Waals surface area contributed by atoms with Gasteiger partial charge >= 0.3 is 0 Å². The molecule has 7 nitrogen and oxygen atoms in total. The number of nitrogens with zero attached hydrogens (tertiary/aromatic N) is 2. The van der Waals surface area contributed by atoms with E-state index < -0.39 is 15.6 Å². The monoisotopic (exact) mass is 356 g/mol. The number of sulfonamides is 1. The fourth-order valence-corrected chi connectivity index (χ4v) is 4.53. The van der Waals surface area contributed by atoms with Crippen LogP contribution >= 0.6 is 0 Å². The quantitative estimate of drug-likeness (QED) is 0.823. The van der Waals surface area contributed by atoms with Gasteiger partial charge in [0.15, 0.2) is 5.76 Å². The van der Waals surface area contributed by atoms with Gasteiger partial charge in [-0.2, -0.15) is 4.31 Å². The molecule has 0 bridgehead atoms. The van der Waals surface area contributed by atoms with E-state index in [2.05, 4.69) is 0 Å². The maximum Gasteiger partial charge on any atom is 0.290 e. The molecule has 0 saturated carbocycles. The fourth-order valence-electron chi connectivity index (χ4n) is 3.10. The summed E-state index contributed by atoms with van der Waals surface area (Å²) >= 11 is 0. The van der Waals surface area contributed by atoms with Crippen LogP contribution in [0.5, 0.6) is 0 Å². The number of hydrogen-bond donors (Lipinski definition) is 0. The van der Waals surface area contributed by atoms with E-state index in [1.54, 1.807) is 4.90 Å². The number of hydrogen-bond acceptors (Lipinski definition) is 5. The van der Waals surface area contributed by atoms with Gasteiger partial charge in [0.1, 0.15) is 0 Å². The fraction of sp³-hybridized carbons (Fsp3) is 0.688. The van der Waals surface area contributed by atoms with Gasteiger partial charge in [0.25, 0.3) is 15.9 Å². The molecular formula is C16H24N2O5S. The van der Waals surface area contributed by atoms with Crippen LogP contribution in [0.15, 0.2) is 21.6 Å². The van der Waals surface area contributed by atoms with Crippen LogP contribution in [0.3, 0.4) is 0 Å². The zero-order valence-electron chi connectivity index (χ0n) is 14.3. The highest BCUT2D eigenvalue weighted by Gasteiger charge is 2.39. The lowest BCUT2D eigenvalue weighted by atomic mass is 10.0. The molecular weight excluding hydrogens is 332 g/mol. The summed E-state index contributed by atoms with van der Waals surface area (Å²) < 4.78 is 37.5. The Morgan fingerprint density at radius 2 is 1.92 bits per heavy atom. The summed E-state index contributed by atoms with van der Waals surface area (Å²) in [7, 11) is -3.65. The van der Waals surface area contributed by atoms with Gasteiger partial charge in [-0.25, -0.2) is 8.42 Å². The van der Waals surface area contributed by atoms with Crippen LogP contribution < -0.4 is 0 Å². The van der Waals surface area contributed by atoms with Crippen molar-refractivity contribution in [2.24, 2.45) is 0 Å². The standard InChI is InChI=1S/C16H24N2O5S/c1-12-10-18(16(2,3)11-22-12)15(19)13-6-7-14(23-13)24(20,21)17-8-4-5-9-17/h6-7,12H,4-5,8-11H2,1-3H3. The molecule has 1 aromatic heterocycles. The number of amides is 1. The van der Waals surface area contributed by atoms with E-state index in [4.69, 9.17) is 9.15 Å². The summed E-state index contributed by atoms with van der Waals surface area (Å²) in [6.07, 6.45) is 1.64. The van der Waals surface area contributed by atoms with E-state index in [1.165, 1.54) is 16.4 Å². The highest BCUT2D eigenvalue weighted by molar-refractivity contribution is 7.89. The molecule has 1 aromatic rings. The first-order valence-electron chi connectivity index (χ1n) is 8.25. The maximum absolute atomic E-state index is 12.8. The largest absolute Gasteiger partial charge is 0.438 e. The highest BCUT2D eigenvalue weighted by Crippen LogP contribution is 2.27. The SMILES string of the molecule is CC1CN(C(=O)c2ccc(S(=O)(=O)N3CCCC3)o2)C(C)(C)CO1. The molecule has 0 aliphatic carbocycles. The normalized spacial score (nSPS) is 25.1. The summed E-state index contributed by atoms with van der Waals surface area (Å²) in [5.74, 6) is -0.257. The molecule has 3 heterocycles. The summed E-state index contributed by atoms with van der Waals surface area (Å²) in [6.45, 7) is 7.62. The number of ether oxygens (including phenoxy) is 1. The number of morpholine rings is 1. The summed E-state index contributed by atoms with van der Waals surface area (Å²) in [6, 6.07) is 2.82. The van der Waals surface area contributed by atoms with E-state index in [1.807, 2.05) is 20.8 Å². The Morgan fingerprint density at radius 3 is 2.58 bits per heavy atom. The Balaban J connectivity index is 1.83. The van der Waals surface area contributed by atoms with Crippen molar-refractivity contribution in [3.05, 3.63) is 17.9 Å². The van der Waals surface area contributed by atoms with Crippen molar-refractivity contribution < 1.29 is 22.4 Å². The third-order valence-electron chi connectivity index (χ3n) is 4.59. The Kier molecular flexibility index (Phi) is 4.48. The topological polar surface area (TPSA) is 80.1 Å². The molecule has 0 spiro atoms. The van der Waals surface area contributed by atoms with E-state index in [9.17, 15) is 13.2 Å². The van der Waals surface area contributed by atoms with Gasteiger partial charge in [-0.1, -0.05) is 0 Å². The van der Waals surface area contributed by atoms with Gasteiger partial charge in [0.05, 0.1) is 18.2 Å². The number of rotatable bonds is 3. The van der Waals surface area contributed by atoms with Crippen LogP contribution in [-0.4, -0.2) is 61.4 Å². The Bertz CT molecular complexity index is 719. The Morgan fingerprint density at radius 1 is 1.25 bits per heavy atom. The predicted octanol–water partition coefficient (Wildman–Crippen LogP) is 1.70. The minimum absolute atomic E-state index is 0.0509. The average Bonchev–Trinajstić information content (AvgIpc) is 3.20. The van der Waals surface area contributed by atoms with Crippen LogP contribution in [0, 0.1) is 0 Å². The first-order chi connectivity index (χ1) is 11.2. The molecule has 1 atom stereocenters. The molecule has 0 radical (unpaired) electrons. The maximum atomic E-state index is 12.8. The van der Waals surface area contributed by atoms with Crippen LogP contribution in [-0.2, 0) is 14.8 Å². The molecule has 134 valence electrons. The lowest BCUT2D eigenvalue weighted by Crippen LogP contribution is -2.57. The number of carbonyl (C=O) groups is 1. The molecule has 1 unspecified atom stereocenters. The first kappa shape index (κ1) is 17.4. The van der Waals surface area contributed by atoms with E-state index in [-0.39, 0.29) is 22.9 Å². The summed E-state index contributed by atoms with van der Waals surface area (Å²) in [4.78, 5) is 14.5. The van der Waals surface area contributed by atoms with Crippen molar-refractivity contribution in [1.82, 2.24) is 9.21 Å². The minimum Gasteiger partial charge on any atom is -0.438 e. The zero-order chi connectivity index (χ0) is 17.5. The average molecular weight is 356 g/mol. The number of furan rings is 1. The lowest BCUT2D eigenvalue weighted by Gasteiger charge is -2.44. The molecule has 0 N–H and O–H groups in total. The Hall–Kier alpha value is -1.38. The molecule has 0 aromatic carbocycles. The molecule has 2 aliphatic rings. The first-order valence-corrected chi connectivity index (χ1v) is 9.69. The van der Waals surface area contributed by atoms with Crippen molar-refractivity contribution in [3.63, 3.8) is 0 Å². The van der Waals surface area contributed by atoms with Crippen molar-refractivity contribution in [3.8, 4) is 0 Å². The smallest absolute Gasteiger partial charge is 0.290 e. The third-order valence-corrected chi connectivity index (χ3v) is 6.36. The summed E-state index contributed by atoms with van der Waals surface area (Å²) in [5, 5.41) is -0.160. The minimum atomic E-state index is -3.65. The van der Waals surface area contributed by atoms with Crippen LogP contribution in [0.4, 0.5) is 0 Å². The van der Waals surface area contributed by atoms with Gasteiger partial charge in [0.2, 0.25) is 5.09 Å². The van der Waals surface area contributed by atoms with Crippen molar-refractivity contribution >= 4 is 15.9 Å². The molecule has 24 heavy (non-hydrogen) atoms. The van der Waals surface area contributed by atoms with Crippen LogP contribution in [0.1, 0.15) is 44.2 Å². The van der Waals surface area contributed by atoms with Crippen molar-refractivity contribution in [2.75, 3.05) is 26.2 Å². The van der Waals surface area contributed by atoms with E-state index >= 15 is 0 Å². The zero-order valence-corrected chi connectivity index (χ0v) is 15.1. The predicted molar refractivity (Wildman–Crippen MR) is 87.2 cm³/mol. The van der Waals surface area contributed by atoms with Gasteiger partial charge < -0.3 is 14.1 Å². The molecule has 2 fully saturated rings. The Labute approximate surface area is 142 Å². The molecule has 2 saturated heterocycles. The van der Waals surface area contributed by atoms with Gasteiger partial charge in [-0.05, 0) is 45.7 Å². The van der Waals surface area contributed by atoms with Crippen LogP contribution in [0.2, 0.25) is 0 Å².